The first-order valence-corrected chi connectivity index (χ1v) is 7.41. The van der Waals surface area contributed by atoms with E-state index in [2.05, 4.69) is 10.5 Å². The second-order valence-electron chi connectivity index (χ2n) is 4.81. The number of nitrogens with one attached hydrogen (secondary N) is 1. The highest BCUT2D eigenvalue weighted by atomic mass is 35.5. The topological polar surface area (TPSA) is 24.4 Å². The average molecular weight is 307 g/mol. The van der Waals surface area contributed by atoms with Gasteiger partial charge in [0, 0.05) is 16.1 Å². The van der Waals surface area contributed by atoms with Gasteiger partial charge in [-0.2, -0.15) is 5.10 Å². The third-order valence-electron chi connectivity index (χ3n) is 3.24. The molecular weight excluding hydrogens is 292 g/mol. The first kappa shape index (κ1) is 14.4. The van der Waals surface area contributed by atoms with E-state index in [0.717, 1.165) is 22.5 Å². The molecule has 3 aromatic rings. The van der Waals surface area contributed by atoms with Gasteiger partial charge in [0.05, 0.1) is 11.4 Å². The number of anilines is 1. The van der Waals surface area contributed by atoms with Gasteiger partial charge in [0.15, 0.2) is 0 Å². The molecule has 0 unspecified atom stereocenters. The Hall–Kier alpha value is -2.58. The van der Waals surface area contributed by atoms with Crippen LogP contribution in [0.25, 0.3) is 0 Å². The molecule has 0 fully saturated rings. The lowest BCUT2D eigenvalue weighted by atomic mass is 10.0. The van der Waals surface area contributed by atoms with Crippen LogP contribution in [0.3, 0.4) is 0 Å². The maximum atomic E-state index is 5.98. The van der Waals surface area contributed by atoms with Crippen molar-refractivity contribution in [2.24, 2.45) is 5.10 Å². The first-order valence-electron chi connectivity index (χ1n) is 7.03. The van der Waals surface area contributed by atoms with Gasteiger partial charge >= 0.3 is 0 Å². The summed E-state index contributed by atoms with van der Waals surface area (Å²) in [4.78, 5) is 0. The van der Waals surface area contributed by atoms with Gasteiger partial charge in [0.25, 0.3) is 0 Å². The quantitative estimate of drug-likeness (QED) is 0.519. The maximum absolute atomic E-state index is 5.98. The van der Waals surface area contributed by atoms with Crippen LogP contribution in [0, 0.1) is 0 Å². The number of rotatable bonds is 4. The van der Waals surface area contributed by atoms with Crippen LogP contribution in [0.15, 0.2) is 90.0 Å². The molecule has 0 saturated carbocycles. The zero-order valence-electron chi connectivity index (χ0n) is 11.9. The van der Waals surface area contributed by atoms with E-state index in [4.69, 9.17) is 11.6 Å². The molecule has 0 atom stereocenters. The molecule has 0 amide bonds. The van der Waals surface area contributed by atoms with Gasteiger partial charge in [-0.3, -0.25) is 5.43 Å². The number of hydrogen-bond acceptors (Lipinski definition) is 2. The van der Waals surface area contributed by atoms with Crippen molar-refractivity contribution < 1.29 is 0 Å². The lowest BCUT2D eigenvalue weighted by Crippen LogP contribution is -2.06. The van der Waals surface area contributed by atoms with Crippen molar-refractivity contribution in [3.05, 3.63) is 101 Å². The molecule has 0 aliphatic carbocycles. The Morgan fingerprint density at radius 1 is 0.682 bits per heavy atom. The molecular formula is C19H15ClN2. The van der Waals surface area contributed by atoms with E-state index in [9.17, 15) is 0 Å². The van der Waals surface area contributed by atoms with E-state index in [-0.39, 0.29) is 0 Å². The second-order valence-corrected chi connectivity index (χ2v) is 5.25. The zero-order chi connectivity index (χ0) is 15.2. The number of halogens is 1. The SMILES string of the molecule is Clc1ccc(/C(=N\Nc2ccccc2)c2ccccc2)cc1. The summed E-state index contributed by atoms with van der Waals surface area (Å²) in [5, 5.41) is 5.30. The monoisotopic (exact) mass is 306 g/mol. The van der Waals surface area contributed by atoms with E-state index in [1.165, 1.54) is 0 Å². The Morgan fingerprint density at radius 3 is 1.86 bits per heavy atom. The maximum Gasteiger partial charge on any atom is 0.0977 e. The Kier molecular flexibility index (Phi) is 4.52. The average Bonchev–Trinajstić information content (AvgIpc) is 2.58. The van der Waals surface area contributed by atoms with E-state index < -0.39 is 0 Å². The highest BCUT2D eigenvalue weighted by Gasteiger charge is 2.07. The van der Waals surface area contributed by atoms with E-state index >= 15 is 0 Å². The zero-order valence-corrected chi connectivity index (χ0v) is 12.7. The van der Waals surface area contributed by atoms with Gasteiger partial charge < -0.3 is 0 Å². The molecule has 108 valence electrons. The van der Waals surface area contributed by atoms with Crippen LogP contribution in [0.2, 0.25) is 5.02 Å². The second kappa shape index (κ2) is 6.92. The fourth-order valence-electron chi connectivity index (χ4n) is 2.13. The van der Waals surface area contributed by atoms with Crippen LogP contribution in [-0.4, -0.2) is 5.71 Å². The fraction of sp³-hybridized carbons (Fsp3) is 0. The first-order chi connectivity index (χ1) is 10.8. The van der Waals surface area contributed by atoms with Gasteiger partial charge in [-0.05, 0) is 24.3 Å². The molecule has 0 spiro atoms. The van der Waals surface area contributed by atoms with Crippen molar-refractivity contribution in [2.45, 2.75) is 0 Å². The van der Waals surface area contributed by atoms with Crippen molar-refractivity contribution in [3.8, 4) is 0 Å². The summed E-state index contributed by atoms with van der Waals surface area (Å²) >= 11 is 5.98. The van der Waals surface area contributed by atoms with Crippen LogP contribution in [-0.2, 0) is 0 Å². The molecule has 0 aromatic heterocycles. The number of hydrazone groups is 1. The van der Waals surface area contributed by atoms with E-state index in [1.807, 2.05) is 84.9 Å². The summed E-state index contributed by atoms with van der Waals surface area (Å²) in [5.74, 6) is 0. The van der Waals surface area contributed by atoms with Gasteiger partial charge in [0.1, 0.15) is 0 Å². The summed E-state index contributed by atoms with van der Waals surface area (Å²) in [7, 11) is 0. The van der Waals surface area contributed by atoms with Crippen LogP contribution in [0.1, 0.15) is 11.1 Å². The summed E-state index contributed by atoms with van der Waals surface area (Å²) in [6.07, 6.45) is 0. The highest BCUT2D eigenvalue weighted by molar-refractivity contribution is 6.30. The largest absolute Gasteiger partial charge is 0.278 e. The molecule has 3 aromatic carbocycles. The molecule has 3 rings (SSSR count). The van der Waals surface area contributed by atoms with Gasteiger partial charge in [-0.15, -0.1) is 0 Å². The Morgan fingerprint density at radius 2 is 1.23 bits per heavy atom. The molecule has 0 saturated heterocycles. The fourth-order valence-corrected chi connectivity index (χ4v) is 2.26. The van der Waals surface area contributed by atoms with E-state index in [1.54, 1.807) is 0 Å². The van der Waals surface area contributed by atoms with E-state index in [0.29, 0.717) is 5.02 Å². The lowest BCUT2D eigenvalue weighted by molar-refractivity contribution is 1.32. The molecule has 0 heterocycles. The van der Waals surface area contributed by atoms with Crippen molar-refractivity contribution in [1.82, 2.24) is 0 Å². The van der Waals surface area contributed by atoms with Crippen LogP contribution < -0.4 is 5.43 Å². The predicted octanol–water partition coefficient (Wildman–Crippen LogP) is 5.20. The molecule has 2 nitrogen and oxygen atoms in total. The minimum atomic E-state index is 0.715. The van der Waals surface area contributed by atoms with Crippen molar-refractivity contribution in [3.63, 3.8) is 0 Å². The van der Waals surface area contributed by atoms with Crippen LogP contribution >= 0.6 is 11.6 Å². The number of nitrogens with zero attached hydrogens (tertiary/aromatic N) is 1. The number of para-hydroxylation sites is 1. The van der Waals surface area contributed by atoms with Crippen molar-refractivity contribution in [2.75, 3.05) is 5.43 Å². The molecule has 0 radical (unpaired) electrons. The Bertz CT molecular complexity index is 750. The van der Waals surface area contributed by atoms with Gasteiger partial charge in [-0.25, -0.2) is 0 Å². The van der Waals surface area contributed by atoms with Crippen LogP contribution in [0.5, 0.6) is 0 Å². The highest BCUT2D eigenvalue weighted by Crippen LogP contribution is 2.15. The minimum Gasteiger partial charge on any atom is -0.278 e. The van der Waals surface area contributed by atoms with Gasteiger partial charge in [-0.1, -0.05) is 72.3 Å². The predicted molar refractivity (Wildman–Crippen MR) is 93.6 cm³/mol. The molecule has 22 heavy (non-hydrogen) atoms. The lowest BCUT2D eigenvalue weighted by Gasteiger charge is -2.08. The molecule has 1 N–H and O–H groups in total. The standard InChI is InChI=1S/C19H15ClN2/c20-17-13-11-16(12-14-17)19(15-7-3-1-4-8-15)22-21-18-9-5-2-6-10-18/h1-14,21H/b22-19-. The summed E-state index contributed by atoms with van der Waals surface area (Å²) < 4.78 is 0. The Balaban J connectivity index is 1.98. The third-order valence-corrected chi connectivity index (χ3v) is 3.49. The molecule has 0 bridgehead atoms. The minimum absolute atomic E-state index is 0.715. The number of benzene rings is 3. The number of hydrogen-bond donors (Lipinski definition) is 1. The van der Waals surface area contributed by atoms with Crippen molar-refractivity contribution in [1.29, 1.82) is 0 Å². The smallest absolute Gasteiger partial charge is 0.0977 e. The third kappa shape index (κ3) is 3.54. The molecule has 3 heteroatoms. The van der Waals surface area contributed by atoms with Crippen LogP contribution in [0.4, 0.5) is 5.69 Å². The molecule has 0 aliphatic rings. The summed E-state index contributed by atoms with van der Waals surface area (Å²) in [5.41, 5.74) is 7.00. The molecule has 0 aliphatic heterocycles. The normalized spacial score (nSPS) is 11.2. The van der Waals surface area contributed by atoms with Crippen molar-refractivity contribution >= 4 is 23.0 Å². The Labute approximate surface area is 135 Å². The summed E-state index contributed by atoms with van der Waals surface area (Å²) in [6, 6.07) is 27.7. The summed E-state index contributed by atoms with van der Waals surface area (Å²) in [6.45, 7) is 0. The van der Waals surface area contributed by atoms with Gasteiger partial charge in [0.2, 0.25) is 0 Å².